The van der Waals surface area contributed by atoms with E-state index in [-0.39, 0.29) is 0 Å². The number of nitrogens with zero attached hydrogens (tertiary/aromatic N) is 1. The van der Waals surface area contributed by atoms with Gasteiger partial charge in [0.2, 0.25) is 0 Å². The number of nitrogens with one attached hydrogen (secondary N) is 2. The molecule has 26 heavy (non-hydrogen) atoms. The lowest BCUT2D eigenvalue weighted by Gasteiger charge is -2.22. The molecule has 0 radical (unpaired) electrons. The third kappa shape index (κ3) is 3.98. The number of ether oxygens (including phenoxy) is 4. The van der Waals surface area contributed by atoms with E-state index in [1.807, 2.05) is 12.1 Å². The Balaban J connectivity index is 1.74. The van der Waals surface area contributed by atoms with E-state index in [1.54, 1.807) is 21.3 Å². The van der Waals surface area contributed by atoms with E-state index >= 15 is 0 Å². The average Bonchev–Trinajstić information content (AvgIpc) is 3.28. The van der Waals surface area contributed by atoms with Crippen molar-refractivity contribution in [1.82, 2.24) is 10.6 Å². The summed E-state index contributed by atoms with van der Waals surface area (Å²) in [5.41, 5.74) is 0.937. The van der Waals surface area contributed by atoms with Crippen LogP contribution in [0.3, 0.4) is 0 Å². The minimum atomic E-state index is 0.305. The van der Waals surface area contributed by atoms with Crippen molar-refractivity contribution in [2.24, 2.45) is 4.99 Å². The quantitative estimate of drug-likeness (QED) is 0.571. The molecule has 1 aromatic rings. The Labute approximate surface area is 155 Å². The van der Waals surface area contributed by atoms with Crippen LogP contribution < -0.4 is 24.8 Å². The standard InChI is InChI=1S/C19H29N3O4/c1-5-20-19(22-14-9-13-6-7-15(14)26-13)21-11-12-8-17(24-3)18(25-4)10-16(12)23-2/h8,10,13-15H,5-7,9,11H2,1-4H3,(H2,20,21,22). The van der Waals surface area contributed by atoms with Gasteiger partial charge in [0.15, 0.2) is 17.5 Å². The molecule has 7 heteroatoms. The van der Waals surface area contributed by atoms with Gasteiger partial charge in [-0.3, -0.25) is 0 Å². The second-order valence-corrected chi connectivity index (χ2v) is 6.57. The van der Waals surface area contributed by atoms with E-state index in [2.05, 4.69) is 17.6 Å². The van der Waals surface area contributed by atoms with Crippen LogP contribution in [0.5, 0.6) is 17.2 Å². The number of fused-ring (bicyclic) bond motifs is 2. The molecule has 2 saturated heterocycles. The van der Waals surface area contributed by atoms with Crippen LogP contribution in [0.4, 0.5) is 0 Å². The zero-order chi connectivity index (χ0) is 18.5. The highest BCUT2D eigenvalue weighted by molar-refractivity contribution is 5.80. The number of hydrogen-bond donors (Lipinski definition) is 2. The van der Waals surface area contributed by atoms with Crippen LogP contribution >= 0.6 is 0 Å². The zero-order valence-corrected chi connectivity index (χ0v) is 16.0. The summed E-state index contributed by atoms with van der Waals surface area (Å²) in [6, 6.07) is 4.07. The van der Waals surface area contributed by atoms with Crippen LogP contribution in [-0.4, -0.2) is 52.1 Å². The van der Waals surface area contributed by atoms with Crippen molar-refractivity contribution in [1.29, 1.82) is 0 Å². The first-order chi connectivity index (χ1) is 12.7. The lowest BCUT2D eigenvalue weighted by Crippen LogP contribution is -2.47. The molecule has 7 nitrogen and oxygen atoms in total. The van der Waals surface area contributed by atoms with E-state index < -0.39 is 0 Å². The first-order valence-corrected chi connectivity index (χ1v) is 9.17. The lowest BCUT2D eigenvalue weighted by molar-refractivity contribution is 0.0992. The number of benzene rings is 1. The highest BCUT2D eigenvalue weighted by Gasteiger charge is 2.41. The summed E-state index contributed by atoms with van der Waals surface area (Å²) in [6.07, 6.45) is 4.07. The van der Waals surface area contributed by atoms with Gasteiger partial charge >= 0.3 is 0 Å². The van der Waals surface area contributed by atoms with E-state index in [1.165, 1.54) is 6.42 Å². The summed E-state index contributed by atoms with van der Waals surface area (Å²) in [4.78, 5) is 4.73. The van der Waals surface area contributed by atoms with Gasteiger partial charge in [-0.15, -0.1) is 0 Å². The molecule has 0 aliphatic carbocycles. The second kappa shape index (κ2) is 8.49. The summed E-state index contributed by atoms with van der Waals surface area (Å²) in [5, 5.41) is 6.84. The fraction of sp³-hybridized carbons (Fsp3) is 0.632. The van der Waals surface area contributed by atoms with Gasteiger partial charge in [0.25, 0.3) is 0 Å². The van der Waals surface area contributed by atoms with Gasteiger partial charge < -0.3 is 29.6 Å². The zero-order valence-electron chi connectivity index (χ0n) is 16.0. The molecule has 2 heterocycles. The SMILES string of the molecule is CCNC(=NCc1cc(OC)c(OC)cc1OC)NC1CC2CCC1O2. The fourth-order valence-corrected chi connectivity index (χ4v) is 3.67. The van der Waals surface area contributed by atoms with Crippen molar-refractivity contribution < 1.29 is 18.9 Å². The minimum Gasteiger partial charge on any atom is -0.496 e. The lowest BCUT2D eigenvalue weighted by atomic mass is 9.96. The molecule has 144 valence electrons. The maximum absolute atomic E-state index is 5.92. The van der Waals surface area contributed by atoms with E-state index in [4.69, 9.17) is 23.9 Å². The molecule has 2 fully saturated rings. The molecule has 3 rings (SSSR count). The van der Waals surface area contributed by atoms with Gasteiger partial charge in [-0.2, -0.15) is 0 Å². The van der Waals surface area contributed by atoms with Gasteiger partial charge in [-0.1, -0.05) is 0 Å². The molecule has 0 saturated carbocycles. The van der Waals surface area contributed by atoms with Crippen molar-refractivity contribution in [2.45, 2.75) is 51.0 Å². The monoisotopic (exact) mass is 363 g/mol. The molecule has 2 aliphatic heterocycles. The maximum atomic E-state index is 5.92. The molecule has 1 aromatic carbocycles. The van der Waals surface area contributed by atoms with Gasteiger partial charge in [0, 0.05) is 18.2 Å². The number of aliphatic imine (C=N–C) groups is 1. The van der Waals surface area contributed by atoms with Gasteiger partial charge in [0.1, 0.15) is 5.75 Å². The Morgan fingerprint density at radius 2 is 1.85 bits per heavy atom. The third-order valence-corrected chi connectivity index (χ3v) is 4.97. The number of hydrogen-bond acceptors (Lipinski definition) is 5. The van der Waals surface area contributed by atoms with Crippen molar-refractivity contribution >= 4 is 5.96 Å². The minimum absolute atomic E-state index is 0.305. The molecular weight excluding hydrogens is 334 g/mol. The molecule has 0 amide bonds. The molecule has 3 atom stereocenters. The predicted octanol–water partition coefficient (Wildman–Crippen LogP) is 2.09. The van der Waals surface area contributed by atoms with Crippen molar-refractivity contribution in [2.75, 3.05) is 27.9 Å². The summed E-state index contributed by atoms with van der Waals surface area (Å²) < 4.78 is 22.1. The number of guanidine groups is 1. The number of methoxy groups -OCH3 is 3. The van der Waals surface area contributed by atoms with Crippen molar-refractivity contribution in [3.05, 3.63) is 17.7 Å². The first kappa shape index (κ1) is 18.6. The van der Waals surface area contributed by atoms with Crippen LogP contribution in [0.2, 0.25) is 0 Å². The smallest absolute Gasteiger partial charge is 0.191 e. The molecule has 2 bridgehead atoms. The topological polar surface area (TPSA) is 73.3 Å². The van der Waals surface area contributed by atoms with E-state index in [0.717, 1.165) is 36.7 Å². The Morgan fingerprint density at radius 3 is 2.42 bits per heavy atom. The normalized spacial score (nSPS) is 24.5. The van der Waals surface area contributed by atoms with Crippen LogP contribution in [-0.2, 0) is 11.3 Å². The van der Waals surface area contributed by atoms with Gasteiger partial charge in [-0.25, -0.2) is 4.99 Å². The van der Waals surface area contributed by atoms with Crippen LogP contribution in [0.25, 0.3) is 0 Å². The largest absolute Gasteiger partial charge is 0.496 e. The molecule has 0 aromatic heterocycles. The number of rotatable bonds is 7. The summed E-state index contributed by atoms with van der Waals surface area (Å²) in [7, 11) is 4.88. The molecule has 3 unspecified atom stereocenters. The van der Waals surface area contributed by atoms with Crippen LogP contribution in [0.15, 0.2) is 17.1 Å². The summed E-state index contributed by atoms with van der Waals surface area (Å²) >= 11 is 0. The van der Waals surface area contributed by atoms with Crippen molar-refractivity contribution in [3.8, 4) is 17.2 Å². The van der Waals surface area contributed by atoms with Crippen molar-refractivity contribution in [3.63, 3.8) is 0 Å². The van der Waals surface area contributed by atoms with Crippen LogP contribution in [0.1, 0.15) is 31.7 Å². The van der Waals surface area contributed by atoms with E-state index in [9.17, 15) is 0 Å². The molecule has 0 spiro atoms. The predicted molar refractivity (Wildman–Crippen MR) is 100 cm³/mol. The van der Waals surface area contributed by atoms with Crippen LogP contribution in [0, 0.1) is 0 Å². The third-order valence-electron chi connectivity index (χ3n) is 4.97. The van der Waals surface area contributed by atoms with Gasteiger partial charge in [-0.05, 0) is 32.3 Å². The molecule has 2 aliphatic rings. The Bertz CT molecular complexity index is 650. The first-order valence-electron chi connectivity index (χ1n) is 9.17. The Hall–Kier alpha value is -2.15. The highest BCUT2D eigenvalue weighted by Crippen LogP contribution is 2.35. The summed E-state index contributed by atoms with van der Waals surface area (Å²) in [5.74, 6) is 2.83. The highest BCUT2D eigenvalue weighted by atomic mass is 16.5. The maximum Gasteiger partial charge on any atom is 0.191 e. The Morgan fingerprint density at radius 1 is 1.12 bits per heavy atom. The summed E-state index contributed by atoms with van der Waals surface area (Å²) in [6.45, 7) is 3.34. The average molecular weight is 363 g/mol. The van der Waals surface area contributed by atoms with Gasteiger partial charge in [0.05, 0.1) is 46.1 Å². The molecular formula is C19H29N3O4. The second-order valence-electron chi connectivity index (χ2n) is 6.57. The molecule has 2 N–H and O–H groups in total. The fourth-order valence-electron chi connectivity index (χ4n) is 3.67. The Kier molecular flexibility index (Phi) is 6.08. The van der Waals surface area contributed by atoms with E-state index in [0.29, 0.717) is 36.3 Å².